The Morgan fingerprint density at radius 3 is 2.45 bits per heavy atom. The molecule has 0 N–H and O–H groups in total. The van der Waals surface area contributed by atoms with Gasteiger partial charge in [-0.1, -0.05) is 45.0 Å². The van der Waals surface area contributed by atoms with E-state index in [4.69, 9.17) is 0 Å². The van der Waals surface area contributed by atoms with Gasteiger partial charge in [-0.05, 0) is 53.3 Å². The second-order valence-electron chi connectivity index (χ2n) is 8.70. The number of benzene rings is 2. The summed E-state index contributed by atoms with van der Waals surface area (Å²) in [5, 5.41) is 3.18. The molecule has 29 heavy (non-hydrogen) atoms. The van der Waals surface area contributed by atoms with E-state index in [-0.39, 0.29) is 11.2 Å². The average molecular weight is 420 g/mol. The molecule has 0 aliphatic heterocycles. The number of fused-ring (bicyclic) bond motifs is 4. The number of pyridine rings is 1. The van der Waals surface area contributed by atoms with Gasteiger partial charge in [-0.3, -0.25) is 4.98 Å². The Labute approximate surface area is 177 Å². The normalized spacial score (nSPS) is 12.5. The van der Waals surface area contributed by atoms with E-state index in [1.807, 2.05) is 0 Å². The van der Waals surface area contributed by atoms with Crippen molar-refractivity contribution in [3.63, 3.8) is 0 Å². The number of thiophene rings is 2. The second-order valence-corrected chi connectivity index (χ2v) is 10.9. The van der Waals surface area contributed by atoms with Crippen LogP contribution in [0.1, 0.15) is 36.8 Å². The number of hydrogen-bond donors (Lipinski definition) is 0. The first-order valence-corrected chi connectivity index (χ1v) is 11.4. The van der Waals surface area contributed by atoms with Crippen molar-refractivity contribution in [1.82, 2.24) is 4.98 Å². The molecule has 0 spiro atoms. The highest BCUT2D eigenvalue weighted by Gasteiger charge is 2.22. The SMILES string of the molecule is Cc1sc2c(sc3c(-c4cc(C(C)(C)C)c5ccccc5c4)ncc(F)c32)c1C. The van der Waals surface area contributed by atoms with Gasteiger partial charge in [0, 0.05) is 20.5 Å². The molecule has 0 atom stereocenters. The van der Waals surface area contributed by atoms with Crippen LogP contribution >= 0.6 is 22.7 Å². The highest BCUT2D eigenvalue weighted by atomic mass is 32.1. The summed E-state index contributed by atoms with van der Waals surface area (Å²) in [7, 11) is 0. The molecule has 0 aliphatic carbocycles. The molecule has 146 valence electrons. The topological polar surface area (TPSA) is 12.9 Å². The third kappa shape index (κ3) is 2.81. The molecule has 4 heteroatoms. The monoisotopic (exact) mass is 419 g/mol. The maximum absolute atomic E-state index is 14.9. The highest BCUT2D eigenvalue weighted by Crippen LogP contribution is 2.46. The molecule has 3 heterocycles. The lowest BCUT2D eigenvalue weighted by Gasteiger charge is -2.22. The number of aromatic nitrogens is 1. The Morgan fingerprint density at radius 1 is 0.931 bits per heavy atom. The molecule has 5 rings (SSSR count). The fourth-order valence-corrected chi connectivity index (χ4v) is 6.81. The zero-order chi connectivity index (χ0) is 20.5. The minimum atomic E-state index is -0.229. The van der Waals surface area contributed by atoms with E-state index in [1.165, 1.54) is 37.7 Å². The van der Waals surface area contributed by atoms with Crippen LogP contribution < -0.4 is 0 Å². The summed E-state index contributed by atoms with van der Waals surface area (Å²) in [6, 6.07) is 12.9. The largest absolute Gasteiger partial charge is 0.252 e. The Kier molecular flexibility index (Phi) is 4.10. The summed E-state index contributed by atoms with van der Waals surface area (Å²) >= 11 is 3.36. The van der Waals surface area contributed by atoms with E-state index in [0.717, 1.165) is 26.0 Å². The quantitative estimate of drug-likeness (QED) is 0.266. The first kappa shape index (κ1) is 18.7. The van der Waals surface area contributed by atoms with Crippen LogP contribution in [0, 0.1) is 19.7 Å². The van der Waals surface area contributed by atoms with Gasteiger partial charge in [0.1, 0.15) is 0 Å². The van der Waals surface area contributed by atoms with Crippen LogP contribution in [-0.4, -0.2) is 4.98 Å². The van der Waals surface area contributed by atoms with Gasteiger partial charge < -0.3 is 0 Å². The molecule has 3 aromatic heterocycles. The molecule has 1 nitrogen and oxygen atoms in total. The first-order valence-electron chi connectivity index (χ1n) is 9.76. The summed E-state index contributed by atoms with van der Waals surface area (Å²) in [6.45, 7) is 10.9. The van der Waals surface area contributed by atoms with Gasteiger partial charge in [0.25, 0.3) is 0 Å². The third-order valence-corrected chi connectivity index (χ3v) is 8.36. The van der Waals surface area contributed by atoms with Crippen LogP contribution in [0.5, 0.6) is 0 Å². The van der Waals surface area contributed by atoms with E-state index in [2.05, 4.69) is 76.0 Å². The van der Waals surface area contributed by atoms with Crippen LogP contribution in [0.25, 0.3) is 41.5 Å². The van der Waals surface area contributed by atoms with Crippen molar-refractivity contribution in [2.24, 2.45) is 0 Å². The summed E-state index contributed by atoms with van der Waals surface area (Å²) < 4.78 is 18.0. The predicted molar refractivity (Wildman–Crippen MR) is 126 cm³/mol. The third-order valence-electron chi connectivity index (χ3n) is 5.69. The molecule has 0 aliphatic rings. The zero-order valence-corrected chi connectivity index (χ0v) is 18.8. The van der Waals surface area contributed by atoms with Gasteiger partial charge in [-0.25, -0.2) is 4.39 Å². The first-order chi connectivity index (χ1) is 13.8. The Morgan fingerprint density at radius 2 is 1.69 bits per heavy atom. The smallest absolute Gasteiger partial charge is 0.151 e. The molecule has 0 fully saturated rings. The lowest BCUT2D eigenvalue weighted by atomic mass is 9.82. The summed E-state index contributed by atoms with van der Waals surface area (Å²) in [6.07, 6.45) is 1.39. The molecule has 2 aromatic carbocycles. The van der Waals surface area contributed by atoms with E-state index >= 15 is 0 Å². The highest BCUT2D eigenvalue weighted by molar-refractivity contribution is 7.33. The van der Waals surface area contributed by atoms with Crippen molar-refractivity contribution in [2.75, 3.05) is 0 Å². The van der Waals surface area contributed by atoms with Crippen molar-refractivity contribution in [3.8, 4) is 11.3 Å². The number of hydrogen-bond acceptors (Lipinski definition) is 3. The van der Waals surface area contributed by atoms with Gasteiger partial charge in [-0.15, -0.1) is 22.7 Å². The van der Waals surface area contributed by atoms with Crippen molar-refractivity contribution in [3.05, 3.63) is 64.4 Å². The van der Waals surface area contributed by atoms with Crippen LogP contribution in [0.4, 0.5) is 4.39 Å². The molecular formula is C25H22FNS2. The number of halogens is 1. The Hall–Kier alpha value is -2.30. The number of nitrogens with zero attached hydrogens (tertiary/aromatic N) is 1. The van der Waals surface area contributed by atoms with Gasteiger partial charge in [0.05, 0.1) is 21.3 Å². The molecule has 0 unspecified atom stereocenters. The van der Waals surface area contributed by atoms with Crippen LogP contribution in [0.3, 0.4) is 0 Å². The Balaban J connectivity index is 1.88. The summed E-state index contributed by atoms with van der Waals surface area (Å²) in [4.78, 5) is 5.83. The molecule has 5 aromatic rings. The van der Waals surface area contributed by atoms with E-state index < -0.39 is 0 Å². The zero-order valence-electron chi connectivity index (χ0n) is 17.2. The number of aryl methyl sites for hydroxylation is 2. The van der Waals surface area contributed by atoms with Crippen LogP contribution in [0.15, 0.2) is 42.6 Å². The Bertz CT molecular complexity index is 1420. The van der Waals surface area contributed by atoms with Crippen molar-refractivity contribution in [2.45, 2.75) is 40.0 Å². The van der Waals surface area contributed by atoms with Crippen molar-refractivity contribution >= 4 is 52.9 Å². The predicted octanol–water partition coefficient (Wildman–Crippen LogP) is 8.38. The van der Waals surface area contributed by atoms with Crippen LogP contribution in [-0.2, 0) is 5.41 Å². The van der Waals surface area contributed by atoms with Gasteiger partial charge in [0.15, 0.2) is 5.82 Å². The molecule has 0 radical (unpaired) electrons. The maximum Gasteiger partial charge on any atom is 0.151 e. The van der Waals surface area contributed by atoms with Gasteiger partial charge in [-0.2, -0.15) is 0 Å². The van der Waals surface area contributed by atoms with Crippen molar-refractivity contribution < 1.29 is 4.39 Å². The van der Waals surface area contributed by atoms with Gasteiger partial charge >= 0.3 is 0 Å². The lowest BCUT2D eigenvalue weighted by molar-refractivity contribution is 0.596. The van der Waals surface area contributed by atoms with E-state index in [1.54, 1.807) is 22.7 Å². The minimum absolute atomic E-state index is 0.00173. The van der Waals surface area contributed by atoms with E-state index in [9.17, 15) is 4.39 Å². The van der Waals surface area contributed by atoms with Crippen molar-refractivity contribution in [1.29, 1.82) is 0 Å². The average Bonchev–Trinajstić information content (AvgIpc) is 3.18. The maximum atomic E-state index is 14.9. The molecule has 0 saturated carbocycles. The molecule has 0 bridgehead atoms. The number of rotatable bonds is 1. The molecule has 0 amide bonds. The minimum Gasteiger partial charge on any atom is -0.252 e. The summed E-state index contributed by atoms with van der Waals surface area (Å²) in [5.41, 5.74) is 4.48. The molecular weight excluding hydrogens is 397 g/mol. The lowest BCUT2D eigenvalue weighted by Crippen LogP contribution is -2.12. The fraction of sp³-hybridized carbons (Fsp3) is 0.240. The molecule has 0 saturated heterocycles. The fourth-order valence-electron chi connectivity index (χ4n) is 4.05. The second kappa shape index (κ2) is 6.35. The standard InChI is InChI=1S/C25H22FNS2/c1-13-14(2)28-24-20-19(26)12-27-21(23(20)29-22(13)24)16-10-15-8-6-7-9-17(15)18(11-16)25(3,4)5/h6-12H,1-5H3. The van der Waals surface area contributed by atoms with E-state index in [0.29, 0.717) is 0 Å². The van der Waals surface area contributed by atoms with Gasteiger partial charge in [0.2, 0.25) is 0 Å². The summed E-state index contributed by atoms with van der Waals surface area (Å²) in [5.74, 6) is -0.229. The van der Waals surface area contributed by atoms with Crippen LogP contribution in [0.2, 0.25) is 0 Å².